The minimum absolute atomic E-state index is 0.0240. The number of piperazine rings is 1. The molecule has 1 amide bonds. The van der Waals surface area contributed by atoms with Gasteiger partial charge in [-0.25, -0.2) is 4.98 Å². The molecule has 1 aromatic heterocycles. The summed E-state index contributed by atoms with van der Waals surface area (Å²) in [6.45, 7) is 7.64. The molecule has 1 fully saturated rings. The van der Waals surface area contributed by atoms with Crippen molar-refractivity contribution in [3.05, 3.63) is 59.8 Å². The average Bonchev–Trinajstić information content (AvgIpc) is 2.68. The van der Waals surface area contributed by atoms with E-state index >= 15 is 0 Å². The monoisotopic (exact) mass is 352 g/mol. The van der Waals surface area contributed by atoms with Crippen molar-refractivity contribution in [3.63, 3.8) is 0 Å². The van der Waals surface area contributed by atoms with E-state index in [0.29, 0.717) is 18.0 Å². The van der Waals surface area contributed by atoms with Gasteiger partial charge in [-0.3, -0.25) is 4.79 Å². The molecule has 0 aliphatic carbocycles. The van der Waals surface area contributed by atoms with Crippen molar-refractivity contribution in [1.29, 1.82) is 0 Å². The van der Waals surface area contributed by atoms with Crippen LogP contribution in [0.3, 0.4) is 0 Å². The van der Waals surface area contributed by atoms with Gasteiger partial charge in [0.1, 0.15) is 5.82 Å². The van der Waals surface area contributed by atoms with E-state index < -0.39 is 0 Å². The predicted octanol–water partition coefficient (Wildman–Crippen LogP) is 3.01. The van der Waals surface area contributed by atoms with Crippen molar-refractivity contribution < 1.29 is 4.79 Å². The molecule has 0 spiro atoms. The summed E-state index contributed by atoms with van der Waals surface area (Å²) in [5.74, 6) is 1.42. The molecule has 1 aliphatic rings. The Kier molecular flexibility index (Phi) is 6.23. The number of aromatic nitrogens is 1. The molecule has 2 N–H and O–H groups in total. The third-order valence-corrected chi connectivity index (χ3v) is 4.72. The zero-order chi connectivity index (χ0) is 18.4. The first-order valence-corrected chi connectivity index (χ1v) is 9.41. The first-order valence-electron chi connectivity index (χ1n) is 9.41. The molecule has 1 aliphatic heterocycles. The van der Waals surface area contributed by atoms with E-state index in [-0.39, 0.29) is 11.9 Å². The molecule has 5 nitrogen and oxygen atoms in total. The highest BCUT2D eigenvalue weighted by atomic mass is 16.1. The number of nitrogens with zero attached hydrogens (tertiary/aromatic N) is 2. The van der Waals surface area contributed by atoms with Crippen molar-refractivity contribution in [2.75, 3.05) is 31.1 Å². The van der Waals surface area contributed by atoms with E-state index in [0.717, 1.165) is 31.9 Å². The van der Waals surface area contributed by atoms with E-state index in [1.54, 1.807) is 12.3 Å². The summed E-state index contributed by atoms with van der Waals surface area (Å²) in [6.07, 6.45) is 2.71. The average molecular weight is 352 g/mol. The molecule has 0 unspecified atom stereocenters. The number of carbonyl (C=O) groups excluding carboxylic acids is 1. The summed E-state index contributed by atoms with van der Waals surface area (Å²) >= 11 is 0. The molecule has 3 rings (SSSR count). The summed E-state index contributed by atoms with van der Waals surface area (Å²) < 4.78 is 0. The van der Waals surface area contributed by atoms with Crippen LogP contribution in [0.25, 0.3) is 0 Å². The Balaban J connectivity index is 1.66. The van der Waals surface area contributed by atoms with Gasteiger partial charge >= 0.3 is 0 Å². The van der Waals surface area contributed by atoms with Crippen LogP contribution in [0.4, 0.5) is 5.82 Å². The third kappa shape index (κ3) is 4.82. The number of pyridine rings is 1. The SMILES string of the molecule is CC(C)CCNC(=O)c1ccnc(N2CCN[C@@H](c3ccccc3)C2)c1. The highest BCUT2D eigenvalue weighted by Crippen LogP contribution is 2.21. The van der Waals surface area contributed by atoms with Crippen LogP contribution in [0.2, 0.25) is 0 Å². The third-order valence-electron chi connectivity index (χ3n) is 4.72. The van der Waals surface area contributed by atoms with Crippen molar-refractivity contribution in [2.24, 2.45) is 5.92 Å². The Bertz CT molecular complexity index is 717. The molecule has 0 bridgehead atoms. The van der Waals surface area contributed by atoms with Gasteiger partial charge in [0.25, 0.3) is 5.91 Å². The van der Waals surface area contributed by atoms with Crippen molar-refractivity contribution in [3.8, 4) is 0 Å². The molecule has 0 radical (unpaired) electrons. The fourth-order valence-electron chi connectivity index (χ4n) is 3.18. The second kappa shape index (κ2) is 8.81. The van der Waals surface area contributed by atoms with Crippen LogP contribution in [0.15, 0.2) is 48.7 Å². The number of hydrogen-bond acceptors (Lipinski definition) is 4. The quantitative estimate of drug-likeness (QED) is 0.839. The molecule has 1 saturated heterocycles. The zero-order valence-electron chi connectivity index (χ0n) is 15.6. The zero-order valence-corrected chi connectivity index (χ0v) is 15.6. The van der Waals surface area contributed by atoms with E-state index in [4.69, 9.17) is 0 Å². The second-order valence-corrected chi connectivity index (χ2v) is 7.20. The van der Waals surface area contributed by atoms with Gasteiger partial charge in [0, 0.05) is 44.0 Å². The Hall–Kier alpha value is -2.40. The van der Waals surface area contributed by atoms with Crippen LogP contribution in [0.5, 0.6) is 0 Å². The number of carbonyl (C=O) groups is 1. The molecule has 5 heteroatoms. The minimum Gasteiger partial charge on any atom is -0.353 e. The van der Waals surface area contributed by atoms with Gasteiger partial charge < -0.3 is 15.5 Å². The van der Waals surface area contributed by atoms with Crippen LogP contribution < -0.4 is 15.5 Å². The second-order valence-electron chi connectivity index (χ2n) is 7.20. The summed E-state index contributed by atoms with van der Waals surface area (Å²) in [6, 6.07) is 14.4. The van der Waals surface area contributed by atoms with Gasteiger partial charge in [-0.05, 0) is 30.0 Å². The molecule has 26 heavy (non-hydrogen) atoms. The van der Waals surface area contributed by atoms with E-state index in [2.05, 4.69) is 58.6 Å². The van der Waals surface area contributed by atoms with Gasteiger partial charge in [0.15, 0.2) is 0 Å². The highest BCUT2D eigenvalue weighted by molar-refractivity contribution is 5.94. The molecule has 1 atom stereocenters. The summed E-state index contributed by atoms with van der Waals surface area (Å²) in [7, 11) is 0. The summed E-state index contributed by atoms with van der Waals surface area (Å²) in [4.78, 5) is 19.1. The maximum atomic E-state index is 12.4. The Labute approximate surface area is 155 Å². The fourth-order valence-corrected chi connectivity index (χ4v) is 3.18. The van der Waals surface area contributed by atoms with Crippen molar-refractivity contribution in [2.45, 2.75) is 26.3 Å². The van der Waals surface area contributed by atoms with Crippen LogP contribution in [-0.2, 0) is 0 Å². The molecular weight excluding hydrogens is 324 g/mol. The summed E-state index contributed by atoms with van der Waals surface area (Å²) in [5, 5.41) is 6.56. The van der Waals surface area contributed by atoms with Crippen molar-refractivity contribution in [1.82, 2.24) is 15.6 Å². The summed E-state index contributed by atoms with van der Waals surface area (Å²) in [5.41, 5.74) is 1.95. The normalized spacial score (nSPS) is 17.3. The fraction of sp³-hybridized carbons (Fsp3) is 0.429. The lowest BCUT2D eigenvalue weighted by Gasteiger charge is -2.34. The van der Waals surface area contributed by atoms with Crippen LogP contribution >= 0.6 is 0 Å². The number of hydrogen-bond donors (Lipinski definition) is 2. The highest BCUT2D eigenvalue weighted by Gasteiger charge is 2.22. The largest absolute Gasteiger partial charge is 0.353 e. The minimum atomic E-state index is -0.0240. The molecular formula is C21H28N4O. The Morgan fingerprint density at radius 3 is 2.88 bits per heavy atom. The van der Waals surface area contributed by atoms with Gasteiger partial charge in [-0.2, -0.15) is 0 Å². The molecule has 2 aromatic rings. The Morgan fingerprint density at radius 2 is 2.12 bits per heavy atom. The number of amides is 1. The number of rotatable bonds is 6. The van der Waals surface area contributed by atoms with Crippen LogP contribution in [0, 0.1) is 5.92 Å². The van der Waals surface area contributed by atoms with E-state index in [1.165, 1.54) is 5.56 Å². The predicted molar refractivity (Wildman–Crippen MR) is 105 cm³/mol. The maximum absolute atomic E-state index is 12.4. The molecule has 2 heterocycles. The number of nitrogens with one attached hydrogen (secondary N) is 2. The molecule has 1 aromatic carbocycles. The lowest BCUT2D eigenvalue weighted by molar-refractivity contribution is 0.0952. The first-order chi connectivity index (χ1) is 12.6. The van der Waals surface area contributed by atoms with Gasteiger partial charge in [-0.1, -0.05) is 44.2 Å². The maximum Gasteiger partial charge on any atom is 0.251 e. The van der Waals surface area contributed by atoms with Crippen LogP contribution in [0.1, 0.15) is 42.2 Å². The lowest BCUT2D eigenvalue weighted by Crippen LogP contribution is -2.46. The lowest BCUT2D eigenvalue weighted by atomic mass is 10.0. The topological polar surface area (TPSA) is 57.3 Å². The van der Waals surface area contributed by atoms with Gasteiger partial charge in [-0.15, -0.1) is 0 Å². The number of anilines is 1. The molecule has 0 saturated carbocycles. The standard InChI is InChI=1S/C21H28N4O/c1-16(2)8-10-24-21(26)18-9-11-23-20(14-18)25-13-12-22-19(15-25)17-6-4-3-5-7-17/h3-7,9,11,14,16,19,22H,8,10,12-13,15H2,1-2H3,(H,24,26)/t19-/m1/s1. The van der Waals surface area contributed by atoms with E-state index in [1.807, 2.05) is 12.1 Å². The smallest absolute Gasteiger partial charge is 0.251 e. The molecule has 138 valence electrons. The first kappa shape index (κ1) is 18.4. The van der Waals surface area contributed by atoms with Crippen LogP contribution in [-0.4, -0.2) is 37.1 Å². The number of benzene rings is 1. The van der Waals surface area contributed by atoms with E-state index in [9.17, 15) is 4.79 Å². The Morgan fingerprint density at radius 1 is 1.31 bits per heavy atom. The van der Waals surface area contributed by atoms with Gasteiger partial charge in [0.05, 0.1) is 0 Å². The van der Waals surface area contributed by atoms with Gasteiger partial charge in [0.2, 0.25) is 0 Å². The van der Waals surface area contributed by atoms with Crippen molar-refractivity contribution >= 4 is 11.7 Å².